The molecule has 1 aliphatic rings. The second-order valence-electron chi connectivity index (χ2n) is 7.93. The summed E-state index contributed by atoms with van der Waals surface area (Å²) >= 11 is 6.30. The second-order valence-corrected chi connectivity index (χ2v) is 11.6. The summed E-state index contributed by atoms with van der Waals surface area (Å²) in [5.41, 5.74) is 5.18. The quantitative estimate of drug-likeness (QED) is 0.245. The molecule has 164 valence electrons. The predicted octanol–water partition coefficient (Wildman–Crippen LogP) is 6.28. The zero-order chi connectivity index (χ0) is 22.2. The summed E-state index contributed by atoms with van der Waals surface area (Å²) in [5.74, 6) is 0.361. The van der Waals surface area contributed by atoms with E-state index in [4.69, 9.17) is 0 Å². The molecule has 0 bridgehead atoms. The molecule has 1 aliphatic carbocycles. The third-order valence-electron chi connectivity index (χ3n) is 5.74. The summed E-state index contributed by atoms with van der Waals surface area (Å²) in [4.78, 5) is 29.6. The van der Waals surface area contributed by atoms with Crippen molar-refractivity contribution in [1.29, 1.82) is 0 Å². The van der Waals surface area contributed by atoms with Gasteiger partial charge in [-0.15, -0.1) is 11.3 Å². The Morgan fingerprint density at radius 1 is 1.22 bits per heavy atom. The largest absolute Gasteiger partial charge is 0.325 e. The third kappa shape index (κ3) is 4.11. The monoisotopic (exact) mass is 527 g/mol. The molecule has 0 aliphatic heterocycles. The van der Waals surface area contributed by atoms with E-state index in [1.807, 2.05) is 28.8 Å². The van der Waals surface area contributed by atoms with Crippen molar-refractivity contribution in [3.05, 3.63) is 53.7 Å². The van der Waals surface area contributed by atoms with E-state index in [9.17, 15) is 9.59 Å². The number of thioether (sulfide) groups is 1. The number of amides is 1. The number of rotatable bonds is 5. The number of para-hydroxylation sites is 1. The number of hydrogen-bond donors (Lipinski definition) is 1. The predicted molar refractivity (Wildman–Crippen MR) is 137 cm³/mol. The van der Waals surface area contributed by atoms with Crippen molar-refractivity contribution in [2.75, 3.05) is 11.1 Å². The van der Waals surface area contributed by atoms with Gasteiger partial charge in [0.1, 0.15) is 0 Å². The molecule has 32 heavy (non-hydrogen) atoms. The van der Waals surface area contributed by atoms with Crippen LogP contribution in [0.15, 0.2) is 46.8 Å². The maximum absolute atomic E-state index is 13.3. The van der Waals surface area contributed by atoms with Gasteiger partial charge in [0.15, 0.2) is 4.34 Å². The van der Waals surface area contributed by atoms with Crippen LogP contribution >= 0.6 is 39.0 Å². The van der Waals surface area contributed by atoms with Gasteiger partial charge in [-0.2, -0.15) is 0 Å². The molecule has 2 heterocycles. The highest BCUT2D eigenvalue weighted by molar-refractivity contribution is 9.10. The first-order valence-electron chi connectivity index (χ1n) is 10.6. The van der Waals surface area contributed by atoms with Crippen molar-refractivity contribution in [1.82, 2.24) is 9.55 Å². The molecule has 0 saturated carbocycles. The molecule has 2 aromatic carbocycles. The van der Waals surface area contributed by atoms with Gasteiger partial charge >= 0.3 is 0 Å². The Kier molecular flexibility index (Phi) is 6.09. The normalized spacial score (nSPS) is 14.4. The number of halogens is 1. The van der Waals surface area contributed by atoms with Crippen molar-refractivity contribution in [3.8, 4) is 0 Å². The van der Waals surface area contributed by atoms with Gasteiger partial charge in [0, 0.05) is 16.8 Å². The highest BCUT2D eigenvalue weighted by Gasteiger charge is 2.23. The van der Waals surface area contributed by atoms with Crippen molar-refractivity contribution < 1.29 is 9.59 Å². The van der Waals surface area contributed by atoms with Crippen LogP contribution in [-0.2, 0) is 17.6 Å². The maximum Gasteiger partial charge on any atom is 0.241 e. The van der Waals surface area contributed by atoms with Gasteiger partial charge in [-0.25, -0.2) is 4.98 Å². The van der Waals surface area contributed by atoms with Crippen LogP contribution in [0.5, 0.6) is 0 Å². The van der Waals surface area contributed by atoms with Gasteiger partial charge in [-0.1, -0.05) is 45.9 Å². The van der Waals surface area contributed by atoms with Crippen molar-refractivity contribution >= 4 is 77.6 Å². The Labute approximate surface area is 202 Å². The first-order valence-corrected chi connectivity index (χ1v) is 13.4. The minimum atomic E-state index is -0.257. The third-order valence-corrected chi connectivity index (χ3v) is 8.31. The van der Waals surface area contributed by atoms with E-state index in [2.05, 4.69) is 44.4 Å². The van der Waals surface area contributed by atoms with Gasteiger partial charge in [-0.3, -0.25) is 14.2 Å². The summed E-state index contributed by atoms with van der Waals surface area (Å²) in [6.07, 6.45) is 4.33. The minimum absolute atomic E-state index is 0.0867. The molecule has 5 rings (SSSR count). The number of aryl methyl sites for hydroxylation is 1. The lowest BCUT2D eigenvalue weighted by molar-refractivity contribution is -0.115. The fourth-order valence-corrected chi connectivity index (χ4v) is 6.32. The number of anilines is 1. The molecule has 0 radical (unpaired) electrons. The topological polar surface area (TPSA) is 64.0 Å². The summed E-state index contributed by atoms with van der Waals surface area (Å²) < 4.78 is 3.79. The average Bonchev–Trinajstić information content (AvgIpc) is 3.35. The molecular formula is C24H22BrN3O2S2. The number of fused-ring (bicyclic) bond motifs is 4. The Morgan fingerprint density at radius 3 is 2.88 bits per heavy atom. The van der Waals surface area contributed by atoms with Crippen LogP contribution in [0.25, 0.3) is 21.1 Å². The average molecular weight is 528 g/mol. The standard InChI is InChI=1S/C24H22BrN3O2S2/c1-14(25)23(30)26-15-10-11-18-21(12-15)32-24(27-18)31-13-22(29)28-19-8-4-2-6-16(19)17-7-3-5-9-20(17)28/h2,4,6,8,10-12,14H,3,5,7,9,13H2,1H3,(H,26,30)/t14-/m1/s1. The highest BCUT2D eigenvalue weighted by atomic mass is 79.9. The highest BCUT2D eigenvalue weighted by Crippen LogP contribution is 2.34. The molecule has 0 spiro atoms. The van der Waals surface area contributed by atoms with Crippen LogP contribution in [-0.4, -0.2) is 31.9 Å². The zero-order valence-electron chi connectivity index (χ0n) is 17.6. The van der Waals surface area contributed by atoms with Crippen LogP contribution in [0.2, 0.25) is 0 Å². The van der Waals surface area contributed by atoms with Gasteiger partial charge in [0.2, 0.25) is 11.8 Å². The molecule has 0 unspecified atom stereocenters. The number of hydrogen-bond acceptors (Lipinski definition) is 5. The van der Waals surface area contributed by atoms with Crippen LogP contribution in [0.3, 0.4) is 0 Å². The number of aromatic nitrogens is 2. The summed E-state index contributed by atoms with van der Waals surface area (Å²) in [6, 6.07) is 13.9. The van der Waals surface area contributed by atoms with E-state index in [0.29, 0.717) is 5.75 Å². The van der Waals surface area contributed by atoms with Gasteiger partial charge in [0.05, 0.1) is 26.3 Å². The number of benzene rings is 2. The number of carbonyl (C=O) groups is 2. The Hall–Kier alpha value is -2.16. The molecule has 2 aromatic heterocycles. The van der Waals surface area contributed by atoms with Crippen LogP contribution < -0.4 is 5.32 Å². The van der Waals surface area contributed by atoms with Gasteiger partial charge in [-0.05, 0) is 62.4 Å². The molecule has 0 fully saturated rings. The molecular weight excluding hydrogens is 506 g/mol. The van der Waals surface area contributed by atoms with E-state index in [-0.39, 0.29) is 16.6 Å². The number of nitrogens with one attached hydrogen (secondary N) is 1. The number of carbonyl (C=O) groups excluding carboxylic acids is 2. The SMILES string of the molecule is C[C@@H](Br)C(=O)Nc1ccc2nc(SCC(=O)n3c4c(c5ccccc53)CCCC4)sc2c1. The molecule has 8 heteroatoms. The fraction of sp³-hybridized carbons (Fsp3) is 0.292. The zero-order valence-corrected chi connectivity index (χ0v) is 20.8. The molecule has 5 nitrogen and oxygen atoms in total. The van der Waals surface area contributed by atoms with E-state index in [1.165, 1.54) is 34.8 Å². The van der Waals surface area contributed by atoms with E-state index in [1.54, 1.807) is 18.3 Å². The number of thiazole rings is 1. The second kappa shape index (κ2) is 9.00. The maximum atomic E-state index is 13.3. The van der Waals surface area contributed by atoms with Crippen molar-refractivity contribution in [2.24, 2.45) is 0 Å². The first-order chi connectivity index (χ1) is 15.5. The van der Waals surface area contributed by atoms with Gasteiger partial charge in [0.25, 0.3) is 0 Å². The lowest BCUT2D eigenvalue weighted by Crippen LogP contribution is -2.19. The lowest BCUT2D eigenvalue weighted by Gasteiger charge is -2.14. The number of alkyl halides is 1. The molecule has 0 saturated heterocycles. The van der Waals surface area contributed by atoms with E-state index < -0.39 is 0 Å². The molecule has 1 amide bonds. The van der Waals surface area contributed by atoms with Crippen LogP contribution in [0.1, 0.15) is 35.8 Å². The molecule has 1 N–H and O–H groups in total. The summed E-state index contributed by atoms with van der Waals surface area (Å²) in [6.45, 7) is 1.79. The Morgan fingerprint density at radius 2 is 2.03 bits per heavy atom. The van der Waals surface area contributed by atoms with E-state index in [0.717, 1.165) is 45.0 Å². The van der Waals surface area contributed by atoms with Crippen molar-refractivity contribution in [2.45, 2.75) is 41.8 Å². The molecule has 1 atom stereocenters. The number of nitrogens with zero attached hydrogens (tertiary/aromatic N) is 2. The smallest absolute Gasteiger partial charge is 0.241 e. The Bertz CT molecular complexity index is 1340. The summed E-state index contributed by atoms with van der Waals surface area (Å²) in [7, 11) is 0. The Balaban J connectivity index is 1.36. The van der Waals surface area contributed by atoms with Crippen LogP contribution in [0, 0.1) is 0 Å². The minimum Gasteiger partial charge on any atom is -0.325 e. The lowest BCUT2D eigenvalue weighted by atomic mass is 9.96. The van der Waals surface area contributed by atoms with E-state index >= 15 is 0 Å². The van der Waals surface area contributed by atoms with Gasteiger partial charge < -0.3 is 5.32 Å². The van der Waals surface area contributed by atoms with Crippen molar-refractivity contribution in [3.63, 3.8) is 0 Å². The fourth-order valence-electron chi connectivity index (χ4n) is 4.25. The van der Waals surface area contributed by atoms with Crippen LogP contribution in [0.4, 0.5) is 5.69 Å². The molecule has 4 aromatic rings. The first kappa shape index (κ1) is 21.7. The summed E-state index contributed by atoms with van der Waals surface area (Å²) in [5, 5.41) is 4.10.